The number of aromatic hydroxyl groups is 1. The number of hydrogen-bond donors (Lipinski definition) is 2. The summed E-state index contributed by atoms with van der Waals surface area (Å²) in [5.74, 6) is 0.396. The molecule has 3 rings (SSSR count). The molecule has 2 aliphatic rings. The van der Waals surface area contributed by atoms with Crippen LogP contribution in [0.3, 0.4) is 0 Å². The van der Waals surface area contributed by atoms with Gasteiger partial charge in [0.15, 0.2) is 0 Å². The van der Waals surface area contributed by atoms with Gasteiger partial charge in [0, 0.05) is 18.6 Å². The van der Waals surface area contributed by atoms with Gasteiger partial charge in [-0.15, -0.1) is 0 Å². The second-order valence-electron chi connectivity index (χ2n) is 6.10. The normalized spacial score (nSPS) is 28.1. The first-order valence-corrected chi connectivity index (χ1v) is 7.49. The van der Waals surface area contributed by atoms with E-state index in [2.05, 4.69) is 23.3 Å². The van der Waals surface area contributed by atoms with Gasteiger partial charge in [0.05, 0.1) is 0 Å². The average Bonchev–Trinajstić information content (AvgIpc) is 2.39. The summed E-state index contributed by atoms with van der Waals surface area (Å²) in [4.78, 5) is 2.41. The molecular formula is C16H24N2O. The molecule has 1 heterocycles. The van der Waals surface area contributed by atoms with Crippen LogP contribution < -0.4 is 5.32 Å². The van der Waals surface area contributed by atoms with Crippen molar-refractivity contribution in [3.63, 3.8) is 0 Å². The van der Waals surface area contributed by atoms with Crippen molar-refractivity contribution < 1.29 is 5.11 Å². The van der Waals surface area contributed by atoms with Crippen molar-refractivity contribution in [1.82, 2.24) is 10.2 Å². The fourth-order valence-corrected chi connectivity index (χ4v) is 3.55. The molecule has 1 saturated heterocycles. The maximum atomic E-state index is 9.72. The Morgan fingerprint density at radius 2 is 2.16 bits per heavy atom. The monoisotopic (exact) mass is 260 g/mol. The third-order valence-electron chi connectivity index (χ3n) is 4.51. The summed E-state index contributed by atoms with van der Waals surface area (Å²) in [5.41, 5.74) is 2.73. The Bertz CT molecular complexity index is 446. The number of fused-ring (bicyclic) bond motifs is 1. The van der Waals surface area contributed by atoms with Gasteiger partial charge < -0.3 is 15.3 Å². The minimum Gasteiger partial charge on any atom is -0.508 e. The Kier molecular flexibility index (Phi) is 3.76. The molecule has 0 spiro atoms. The molecule has 2 N–H and O–H groups in total. The lowest BCUT2D eigenvalue weighted by molar-refractivity contribution is 0.212. The van der Waals surface area contributed by atoms with Gasteiger partial charge in [-0.2, -0.15) is 0 Å². The van der Waals surface area contributed by atoms with E-state index in [0.717, 1.165) is 13.0 Å². The topological polar surface area (TPSA) is 35.5 Å². The molecule has 0 amide bonds. The summed E-state index contributed by atoms with van der Waals surface area (Å²) in [5, 5.41) is 13.5. The van der Waals surface area contributed by atoms with Crippen LogP contribution in [0.4, 0.5) is 0 Å². The van der Waals surface area contributed by atoms with E-state index in [4.69, 9.17) is 0 Å². The van der Waals surface area contributed by atoms with E-state index in [0.29, 0.717) is 17.8 Å². The molecular weight excluding hydrogens is 236 g/mol. The first-order valence-electron chi connectivity index (χ1n) is 7.49. The minimum absolute atomic E-state index is 0.396. The van der Waals surface area contributed by atoms with Gasteiger partial charge in [-0.25, -0.2) is 0 Å². The van der Waals surface area contributed by atoms with Crippen LogP contribution in [0.2, 0.25) is 0 Å². The van der Waals surface area contributed by atoms with Crippen LogP contribution in [0.5, 0.6) is 5.75 Å². The van der Waals surface area contributed by atoms with E-state index >= 15 is 0 Å². The number of likely N-dealkylation sites (N-methyl/N-ethyl adjacent to an activating group) is 1. The maximum absolute atomic E-state index is 9.72. The first kappa shape index (κ1) is 12.9. The fraction of sp³-hybridized carbons (Fsp3) is 0.625. The van der Waals surface area contributed by atoms with E-state index in [1.54, 1.807) is 0 Å². The number of rotatable bonds is 2. The minimum atomic E-state index is 0.396. The molecule has 1 aromatic carbocycles. The van der Waals surface area contributed by atoms with Gasteiger partial charge >= 0.3 is 0 Å². The molecule has 0 aromatic heterocycles. The Morgan fingerprint density at radius 1 is 1.26 bits per heavy atom. The van der Waals surface area contributed by atoms with Gasteiger partial charge in [-0.3, -0.25) is 0 Å². The van der Waals surface area contributed by atoms with Crippen LogP contribution >= 0.6 is 0 Å². The lowest BCUT2D eigenvalue weighted by Crippen LogP contribution is -2.45. The SMILES string of the molecule is CN1CCCC(NC2CCCc3ccc(O)cc32)C1. The van der Waals surface area contributed by atoms with Crippen molar-refractivity contribution in [2.24, 2.45) is 0 Å². The third-order valence-corrected chi connectivity index (χ3v) is 4.51. The number of likely N-dealkylation sites (tertiary alicyclic amines) is 1. The Morgan fingerprint density at radius 3 is 3.00 bits per heavy atom. The molecule has 1 aliphatic carbocycles. The van der Waals surface area contributed by atoms with Crippen molar-refractivity contribution in [1.29, 1.82) is 0 Å². The molecule has 0 saturated carbocycles. The molecule has 0 bridgehead atoms. The predicted octanol–water partition coefficient (Wildman–Crippen LogP) is 2.45. The zero-order valence-electron chi connectivity index (χ0n) is 11.7. The van der Waals surface area contributed by atoms with Crippen LogP contribution in [0.25, 0.3) is 0 Å². The van der Waals surface area contributed by atoms with Crippen LogP contribution in [0, 0.1) is 0 Å². The number of hydrogen-bond acceptors (Lipinski definition) is 3. The van der Waals surface area contributed by atoms with Gasteiger partial charge in [0.25, 0.3) is 0 Å². The molecule has 1 aliphatic heterocycles. The van der Waals surface area contributed by atoms with Crippen molar-refractivity contribution in [2.75, 3.05) is 20.1 Å². The molecule has 1 aromatic rings. The van der Waals surface area contributed by atoms with Gasteiger partial charge in [0.2, 0.25) is 0 Å². The Hall–Kier alpha value is -1.06. The second kappa shape index (κ2) is 5.51. The van der Waals surface area contributed by atoms with Crippen molar-refractivity contribution >= 4 is 0 Å². The van der Waals surface area contributed by atoms with E-state index < -0.39 is 0 Å². The zero-order valence-corrected chi connectivity index (χ0v) is 11.7. The molecule has 2 unspecified atom stereocenters. The summed E-state index contributed by atoms with van der Waals surface area (Å²) >= 11 is 0. The number of nitrogens with one attached hydrogen (secondary N) is 1. The number of benzene rings is 1. The van der Waals surface area contributed by atoms with E-state index in [9.17, 15) is 5.11 Å². The van der Waals surface area contributed by atoms with Crippen LogP contribution in [-0.4, -0.2) is 36.2 Å². The van der Waals surface area contributed by atoms with Gasteiger partial charge in [-0.05, 0) is 69.0 Å². The van der Waals surface area contributed by atoms with Crippen LogP contribution in [0.15, 0.2) is 18.2 Å². The van der Waals surface area contributed by atoms with Gasteiger partial charge in [0.1, 0.15) is 5.75 Å². The van der Waals surface area contributed by atoms with Crippen molar-refractivity contribution in [2.45, 2.75) is 44.2 Å². The lowest BCUT2D eigenvalue weighted by Gasteiger charge is -2.35. The highest BCUT2D eigenvalue weighted by molar-refractivity contribution is 5.38. The predicted molar refractivity (Wildman–Crippen MR) is 77.4 cm³/mol. The van der Waals surface area contributed by atoms with Crippen LogP contribution in [0.1, 0.15) is 42.9 Å². The molecule has 3 nitrogen and oxygen atoms in total. The fourth-order valence-electron chi connectivity index (χ4n) is 3.55. The van der Waals surface area contributed by atoms with Crippen LogP contribution in [-0.2, 0) is 6.42 Å². The van der Waals surface area contributed by atoms with E-state index in [1.807, 2.05) is 12.1 Å². The Labute approximate surface area is 115 Å². The first-order chi connectivity index (χ1) is 9.22. The third kappa shape index (κ3) is 2.93. The second-order valence-corrected chi connectivity index (χ2v) is 6.10. The van der Waals surface area contributed by atoms with Crippen molar-refractivity contribution in [3.05, 3.63) is 29.3 Å². The number of nitrogens with zero attached hydrogens (tertiary/aromatic N) is 1. The zero-order chi connectivity index (χ0) is 13.2. The highest BCUT2D eigenvalue weighted by Gasteiger charge is 2.25. The Balaban J connectivity index is 1.74. The maximum Gasteiger partial charge on any atom is 0.115 e. The quantitative estimate of drug-likeness (QED) is 0.857. The number of phenolic OH excluding ortho intramolecular Hbond substituents is 1. The summed E-state index contributed by atoms with van der Waals surface area (Å²) < 4.78 is 0. The molecule has 19 heavy (non-hydrogen) atoms. The molecule has 104 valence electrons. The summed E-state index contributed by atoms with van der Waals surface area (Å²) in [6.07, 6.45) is 6.15. The van der Waals surface area contributed by atoms with E-state index in [-0.39, 0.29) is 0 Å². The lowest BCUT2D eigenvalue weighted by atomic mass is 9.86. The van der Waals surface area contributed by atoms with E-state index in [1.165, 1.54) is 43.4 Å². The van der Waals surface area contributed by atoms with Gasteiger partial charge in [-0.1, -0.05) is 6.07 Å². The highest BCUT2D eigenvalue weighted by atomic mass is 16.3. The summed E-state index contributed by atoms with van der Waals surface area (Å²) in [6.45, 7) is 2.37. The smallest absolute Gasteiger partial charge is 0.115 e. The molecule has 3 heteroatoms. The molecule has 1 fully saturated rings. The molecule has 0 radical (unpaired) electrons. The number of aryl methyl sites for hydroxylation is 1. The number of phenols is 1. The summed E-state index contributed by atoms with van der Waals surface area (Å²) in [6, 6.07) is 6.88. The number of piperidine rings is 1. The van der Waals surface area contributed by atoms with Crippen molar-refractivity contribution in [3.8, 4) is 5.75 Å². The average molecular weight is 260 g/mol. The molecule has 2 atom stereocenters. The largest absolute Gasteiger partial charge is 0.508 e. The standard InChI is InChI=1S/C16H24N2O/c1-18-9-3-5-13(11-18)17-16-6-2-4-12-7-8-14(19)10-15(12)16/h7-8,10,13,16-17,19H,2-6,9,11H2,1H3. The highest BCUT2D eigenvalue weighted by Crippen LogP contribution is 2.32. The summed E-state index contributed by atoms with van der Waals surface area (Å²) in [7, 11) is 2.20.